The summed E-state index contributed by atoms with van der Waals surface area (Å²) >= 11 is 0. The summed E-state index contributed by atoms with van der Waals surface area (Å²) in [6.45, 7) is 6.12. The van der Waals surface area contributed by atoms with E-state index in [1.54, 1.807) is 0 Å². The monoisotopic (exact) mass is 202 g/mol. The van der Waals surface area contributed by atoms with E-state index in [9.17, 15) is 4.79 Å². The Labute approximate surface area is 91.8 Å². The molecule has 0 saturated carbocycles. The van der Waals surface area contributed by atoms with Crippen LogP contribution in [0.25, 0.3) is 0 Å². The lowest BCUT2D eigenvalue weighted by Gasteiger charge is -2.04. The zero-order valence-corrected chi connectivity index (χ0v) is 9.33. The molecular weight excluding hydrogens is 184 g/mol. The summed E-state index contributed by atoms with van der Waals surface area (Å²) in [5.41, 5.74) is 3.79. The van der Waals surface area contributed by atoms with Gasteiger partial charge in [-0.3, -0.25) is 0 Å². The topological polar surface area (TPSA) is 17.1 Å². The molecule has 1 aromatic carbocycles. The minimum absolute atomic E-state index is 0.612. The maximum atomic E-state index is 10.2. The molecule has 0 unspecified atom stereocenters. The van der Waals surface area contributed by atoms with Crippen LogP contribution in [0.5, 0.6) is 0 Å². The number of hydrogen-bond acceptors (Lipinski definition) is 1. The van der Waals surface area contributed by atoms with Crippen molar-refractivity contribution < 1.29 is 4.79 Å². The first-order valence-electron chi connectivity index (χ1n) is 5.44. The third-order valence-corrected chi connectivity index (χ3v) is 2.53. The van der Waals surface area contributed by atoms with Crippen LogP contribution in [0.4, 0.5) is 0 Å². The van der Waals surface area contributed by atoms with Gasteiger partial charge in [0.2, 0.25) is 0 Å². The predicted octanol–water partition coefficient (Wildman–Crippen LogP) is 3.33. The van der Waals surface area contributed by atoms with E-state index < -0.39 is 0 Å². The minimum atomic E-state index is 0.612. The Balaban J connectivity index is 2.55. The van der Waals surface area contributed by atoms with E-state index in [-0.39, 0.29) is 0 Å². The van der Waals surface area contributed by atoms with Gasteiger partial charge in [0.15, 0.2) is 0 Å². The summed E-state index contributed by atoms with van der Waals surface area (Å²) in [5.74, 6) is 0. The zero-order valence-electron chi connectivity index (χ0n) is 9.33. The zero-order chi connectivity index (χ0) is 11.1. The number of benzene rings is 1. The number of allylic oxidation sites excluding steroid dienone is 1. The summed E-state index contributed by atoms with van der Waals surface area (Å²) < 4.78 is 0. The summed E-state index contributed by atoms with van der Waals surface area (Å²) in [6, 6.07) is 8.45. The molecule has 0 radical (unpaired) electrons. The molecule has 0 amide bonds. The molecule has 0 aliphatic carbocycles. The number of aldehydes is 1. The standard InChI is InChI=1S/C14H18O/c1-3-12(2)11-14-8-6-13(7-9-14)5-4-10-15/h6-10H,2-5,11H2,1H3. The first-order valence-corrected chi connectivity index (χ1v) is 5.44. The summed E-state index contributed by atoms with van der Waals surface area (Å²) in [7, 11) is 0. The smallest absolute Gasteiger partial charge is 0.120 e. The number of carbonyl (C=O) groups is 1. The van der Waals surface area contributed by atoms with Gasteiger partial charge in [0.25, 0.3) is 0 Å². The van der Waals surface area contributed by atoms with Crippen molar-refractivity contribution in [3.05, 3.63) is 47.5 Å². The van der Waals surface area contributed by atoms with Gasteiger partial charge in [-0.2, -0.15) is 0 Å². The molecule has 0 bridgehead atoms. The van der Waals surface area contributed by atoms with Crippen LogP contribution in [0.15, 0.2) is 36.4 Å². The molecule has 0 N–H and O–H groups in total. The van der Waals surface area contributed by atoms with E-state index in [0.717, 1.165) is 25.5 Å². The first-order chi connectivity index (χ1) is 7.26. The van der Waals surface area contributed by atoms with Gasteiger partial charge >= 0.3 is 0 Å². The molecular formula is C14H18O. The molecule has 80 valence electrons. The molecule has 0 saturated heterocycles. The van der Waals surface area contributed by atoms with Crippen molar-refractivity contribution in [2.75, 3.05) is 0 Å². The van der Waals surface area contributed by atoms with Gasteiger partial charge in [-0.1, -0.05) is 43.3 Å². The van der Waals surface area contributed by atoms with Gasteiger partial charge in [0.1, 0.15) is 6.29 Å². The van der Waals surface area contributed by atoms with E-state index >= 15 is 0 Å². The number of aryl methyl sites for hydroxylation is 1. The Hall–Kier alpha value is -1.37. The van der Waals surface area contributed by atoms with E-state index in [2.05, 4.69) is 37.8 Å². The first kappa shape index (κ1) is 11.7. The molecule has 1 nitrogen and oxygen atoms in total. The van der Waals surface area contributed by atoms with Crippen molar-refractivity contribution in [3.63, 3.8) is 0 Å². The Bertz CT molecular complexity index is 322. The van der Waals surface area contributed by atoms with Crippen LogP contribution >= 0.6 is 0 Å². The summed E-state index contributed by atoms with van der Waals surface area (Å²) in [5, 5.41) is 0. The number of hydrogen-bond donors (Lipinski definition) is 0. The van der Waals surface area contributed by atoms with Gasteiger partial charge in [0, 0.05) is 6.42 Å². The molecule has 1 rings (SSSR count). The van der Waals surface area contributed by atoms with Crippen LogP contribution in [0.2, 0.25) is 0 Å². The number of rotatable bonds is 6. The van der Waals surface area contributed by atoms with Crippen molar-refractivity contribution in [1.82, 2.24) is 0 Å². The third kappa shape index (κ3) is 4.11. The van der Waals surface area contributed by atoms with E-state index in [4.69, 9.17) is 0 Å². The van der Waals surface area contributed by atoms with Crippen LogP contribution in [-0.2, 0) is 17.6 Å². The highest BCUT2D eigenvalue weighted by Crippen LogP contribution is 2.11. The fourth-order valence-electron chi connectivity index (χ4n) is 1.46. The van der Waals surface area contributed by atoms with Crippen LogP contribution in [0.3, 0.4) is 0 Å². The molecule has 0 fully saturated rings. The third-order valence-electron chi connectivity index (χ3n) is 2.53. The van der Waals surface area contributed by atoms with Crippen molar-refractivity contribution in [2.24, 2.45) is 0 Å². The molecule has 1 aromatic rings. The van der Waals surface area contributed by atoms with Gasteiger partial charge in [0.05, 0.1) is 0 Å². The van der Waals surface area contributed by atoms with Crippen molar-refractivity contribution >= 4 is 6.29 Å². The lowest BCUT2D eigenvalue weighted by molar-refractivity contribution is -0.107. The maximum absolute atomic E-state index is 10.2. The molecule has 0 atom stereocenters. The van der Waals surface area contributed by atoms with Crippen LogP contribution in [0, 0.1) is 0 Å². The van der Waals surface area contributed by atoms with Gasteiger partial charge in [-0.25, -0.2) is 0 Å². The average Bonchev–Trinajstić information content (AvgIpc) is 2.28. The fraction of sp³-hybridized carbons (Fsp3) is 0.357. The van der Waals surface area contributed by atoms with E-state index in [1.807, 2.05) is 0 Å². The highest BCUT2D eigenvalue weighted by atomic mass is 16.1. The highest BCUT2D eigenvalue weighted by Gasteiger charge is 1.96. The Morgan fingerprint density at radius 2 is 1.87 bits per heavy atom. The van der Waals surface area contributed by atoms with Crippen LogP contribution in [0.1, 0.15) is 30.9 Å². The maximum Gasteiger partial charge on any atom is 0.120 e. The molecule has 1 heteroatoms. The fourth-order valence-corrected chi connectivity index (χ4v) is 1.46. The molecule has 15 heavy (non-hydrogen) atoms. The summed E-state index contributed by atoms with van der Waals surface area (Å²) in [6.07, 6.45) is 4.42. The average molecular weight is 202 g/mol. The Morgan fingerprint density at radius 3 is 2.40 bits per heavy atom. The largest absolute Gasteiger partial charge is 0.303 e. The molecule has 0 aromatic heterocycles. The molecule has 0 aliphatic rings. The lowest BCUT2D eigenvalue weighted by Crippen LogP contribution is -1.90. The van der Waals surface area contributed by atoms with Gasteiger partial charge < -0.3 is 4.79 Å². The normalized spacial score (nSPS) is 9.93. The highest BCUT2D eigenvalue weighted by molar-refractivity contribution is 5.50. The predicted molar refractivity (Wildman–Crippen MR) is 64.0 cm³/mol. The van der Waals surface area contributed by atoms with Crippen molar-refractivity contribution in [2.45, 2.75) is 32.6 Å². The van der Waals surface area contributed by atoms with Gasteiger partial charge in [-0.15, -0.1) is 0 Å². The lowest BCUT2D eigenvalue weighted by atomic mass is 10.0. The van der Waals surface area contributed by atoms with Crippen LogP contribution in [-0.4, -0.2) is 6.29 Å². The minimum Gasteiger partial charge on any atom is -0.303 e. The van der Waals surface area contributed by atoms with Crippen LogP contribution < -0.4 is 0 Å². The van der Waals surface area contributed by atoms with E-state index in [0.29, 0.717) is 6.42 Å². The Morgan fingerprint density at radius 1 is 1.27 bits per heavy atom. The SMILES string of the molecule is C=C(CC)Cc1ccc(CCC=O)cc1. The molecule has 0 aliphatic heterocycles. The second kappa shape index (κ2) is 6.18. The van der Waals surface area contributed by atoms with Crippen molar-refractivity contribution in [1.29, 1.82) is 0 Å². The van der Waals surface area contributed by atoms with E-state index in [1.165, 1.54) is 16.7 Å². The second-order valence-electron chi connectivity index (χ2n) is 3.80. The summed E-state index contributed by atoms with van der Waals surface area (Å²) in [4.78, 5) is 10.2. The quantitative estimate of drug-likeness (QED) is 0.511. The molecule has 0 heterocycles. The second-order valence-corrected chi connectivity index (χ2v) is 3.80. The molecule has 0 spiro atoms. The Kier molecular flexibility index (Phi) is 4.82. The van der Waals surface area contributed by atoms with Crippen molar-refractivity contribution in [3.8, 4) is 0 Å². The number of carbonyl (C=O) groups excluding carboxylic acids is 1. The van der Waals surface area contributed by atoms with Gasteiger partial charge in [-0.05, 0) is 30.4 Å².